The van der Waals surface area contributed by atoms with Gasteiger partial charge in [-0.05, 0) is 66.2 Å². The van der Waals surface area contributed by atoms with E-state index in [9.17, 15) is 14.0 Å². The molecular weight excluding hydrogens is 503 g/mol. The molecule has 184 valence electrons. The van der Waals surface area contributed by atoms with E-state index in [2.05, 4.69) is 5.32 Å². The number of thioether (sulfide) groups is 1. The molecule has 0 spiro atoms. The standard InChI is InChI=1S/C26H21FN2O5S2/c1-32-20-11-15(12-21(33-2)23(20)34-3)13-22-25(31)29(26(35)36-22)19-6-4-5-16(14-19)24(30)28-18-9-7-17(27)8-10-18/h4-14H,1-3H3,(H,28,30)/b22-13+. The van der Waals surface area contributed by atoms with Gasteiger partial charge in [-0.25, -0.2) is 4.39 Å². The Kier molecular flexibility index (Phi) is 7.56. The molecule has 0 radical (unpaired) electrons. The van der Waals surface area contributed by atoms with E-state index in [1.54, 1.807) is 42.5 Å². The summed E-state index contributed by atoms with van der Waals surface area (Å²) in [6, 6.07) is 15.5. The van der Waals surface area contributed by atoms with Gasteiger partial charge in [-0.15, -0.1) is 0 Å². The first-order chi connectivity index (χ1) is 17.3. The van der Waals surface area contributed by atoms with Gasteiger partial charge < -0.3 is 19.5 Å². The van der Waals surface area contributed by atoms with Gasteiger partial charge in [0, 0.05) is 11.3 Å². The van der Waals surface area contributed by atoms with E-state index in [0.717, 1.165) is 11.8 Å². The van der Waals surface area contributed by atoms with E-state index in [4.69, 9.17) is 26.4 Å². The molecule has 1 saturated heterocycles. The fourth-order valence-corrected chi connectivity index (χ4v) is 4.85. The highest BCUT2D eigenvalue weighted by Crippen LogP contribution is 2.41. The van der Waals surface area contributed by atoms with Gasteiger partial charge in [0.15, 0.2) is 15.8 Å². The van der Waals surface area contributed by atoms with Crippen molar-refractivity contribution in [3.8, 4) is 17.2 Å². The number of amides is 2. The van der Waals surface area contributed by atoms with Crippen molar-refractivity contribution in [3.63, 3.8) is 0 Å². The van der Waals surface area contributed by atoms with Crippen molar-refractivity contribution in [2.45, 2.75) is 0 Å². The Morgan fingerprint density at radius 3 is 2.28 bits per heavy atom. The van der Waals surface area contributed by atoms with Crippen molar-refractivity contribution in [2.24, 2.45) is 0 Å². The van der Waals surface area contributed by atoms with Crippen LogP contribution in [0, 0.1) is 5.82 Å². The third kappa shape index (κ3) is 5.19. The zero-order valence-corrected chi connectivity index (χ0v) is 21.2. The van der Waals surface area contributed by atoms with Gasteiger partial charge in [0.25, 0.3) is 11.8 Å². The Hall–Kier alpha value is -3.89. The Labute approximate surface area is 216 Å². The number of benzene rings is 3. The summed E-state index contributed by atoms with van der Waals surface area (Å²) in [4.78, 5) is 27.8. The summed E-state index contributed by atoms with van der Waals surface area (Å²) in [7, 11) is 4.54. The van der Waals surface area contributed by atoms with Crippen molar-refractivity contribution < 1.29 is 28.2 Å². The lowest BCUT2D eigenvalue weighted by molar-refractivity contribution is -0.113. The molecule has 0 saturated carbocycles. The molecule has 0 bridgehead atoms. The number of carbonyl (C=O) groups excluding carboxylic acids is 2. The number of anilines is 2. The van der Waals surface area contributed by atoms with Crippen LogP contribution in [0.1, 0.15) is 15.9 Å². The second-order valence-electron chi connectivity index (χ2n) is 7.49. The molecule has 0 aliphatic carbocycles. The molecule has 3 aromatic carbocycles. The SMILES string of the molecule is COc1cc(/C=C2/SC(=S)N(c3cccc(C(=O)Nc4ccc(F)cc4)c3)C2=O)cc(OC)c1OC. The fourth-order valence-electron chi connectivity index (χ4n) is 3.55. The molecular formula is C26H21FN2O5S2. The molecule has 0 atom stereocenters. The minimum Gasteiger partial charge on any atom is -0.493 e. The summed E-state index contributed by atoms with van der Waals surface area (Å²) < 4.78 is 29.6. The number of hydrogen-bond acceptors (Lipinski definition) is 7. The number of hydrogen-bond donors (Lipinski definition) is 1. The van der Waals surface area contributed by atoms with Crippen LogP contribution in [-0.4, -0.2) is 37.5 Å². The summed E-state index contributed by atoms with van der Waals surface area (Å²) >= 11 is 6.62. The van der Waals surface area contributed by atoms with Crippen molar-refractivity contribution in [3.05, 3.63) is 82.5 Å². The van der Waals surface area contributed by atoms with E-state index < -0.39 is 11.7 Å². The molecule has 4 rings (SSSR count). The van der Waals surface area contributed by atoms with Gasteiger partial charge in [0.2, 0.25) is 5.75 Å². The number of nitrogens with zero attached hydrogens (tertiary/aromatic N) is 1. The molecule has 2 amide bonds. The second kappa shape index (κ2) is 10.8. The Morgan fingerprint density at radius 2 is 1.67 bits per heavy atom. The van der Waals surface area contributed by atoms with Crippen LogP contribution in [0.3, 0.4) is 0 Å². The number of nitrogens with one attached hydrogen (secondary N) is 1. The second-order valence-corrected chi connectivity index (χ2v) is 9.16. The Bertz CT molecular complexity index is 1350. The average Bonchev–Trinajstić information content (AvgIpc) is 3.16. The lowest BCUT2D eigenvalue weighted by Crippen LogP contribution is -2.27. The number of halogens is 1. The van der Waals surface area contributed by atoms with Crippen LogP contribution in [0.4, 0.5) is 15.8 Å². The molecule has 10 heteroatoms. The quantitative estimate of drug-likeness (QED) is 0.323. The minimum atomic E-state index is -0.401. The molecule has 7 nitrogen and oxygen atoms in total. The first kappa shape index (κ1) is 25.2. The van der Waals surface area contributed by atoms with Crippen LogP contribution in [0.15, 0.2) is 65.6 Å². The van der Waals surface area contributed by atoms with Crippen LogP contribution in [0.5, 0.6) is 17.2 Å². The molecule has 36 heavy (non-hydrogen) atoms. The van der Waals surface area contributed by atoms with Crippen molar-refractivity contribution in [1.29, 1.82) is 0 Å². The largest absolute Gasteiger partial charge is 0.493 e. The summed E-state index contributed by atoms with van der Waals surface area (Å²) in [5, 5.41) is 2.71. The summed E-state index contributed by atoms with van der Waals surface area (Å²) in [5.41, 5.74) is 1.89. The van der Waals surface area contributed by atoms with Gasteiger partial charge in [-0.3, -0.25) is 14.5 Å². The van der Waals surface area contributed by atoms with Crippen LogP contribution in [0.2, 0.25) is 0 Å². The van der Waals surface area contributed by atoms with E-state index in [0.29, 0.717) is 49.0 Å². The number of methoxy groups -OCH3 is 3. The molecule has 1 aliphatic rings. The first-order valence-electron chi connectivity index (χ1n) is 10.6. The number of ether oxygens (including phenoxy) is 3. The summed E-state index contributed by atoms with van der Waals surface area (Å²) in [6.07, 6.45) is 1.69. The predicted octanol–water partition coefficient (Wildman–Crippen LogP) is 5.51. The van der Waals surface area contributed by atoms with Gasteiger partial charge in [-0.2, -0.15) is 0 Å². The van der Waals surface area contributed by atoms with Crippen molar-refractivity contribution >= 4 is 57.6 Å². The van der Waals surface area contributed by atoms with Crippen LogP contribution in [0.25, 0.3) is 6.08 Å². The van der Waals surface area contributed by atoms with E-state index in [1.807, 2.05) is 0 Å². The Balaban J connectivity index is 1.59. The van der Waals surface area contributed by atoms with Gasteiger partial charge in [-0.1, -0.05) is 30.0 Å². The van der Waals surface area contributed by atoms with E-state index in [1.165, 1.54) is 50.5 Å². The monoisotopic (exact) mass is 524 g/mol. The zero-order valence-electron chi connectivity index (χ0n) is 19.5. The number of carbonyl (C=O) groups is 2. The van der Waals surface area contributed by atoms with Crippen LogP contribution >= 0.6 is 24.0 Å². The van der Waals surface area contributed by atoms with Gasteiger partial charge >= 0.3 is 0 Å². The lowest BCUT2D eigenvalue weighted by Gasteiger charge is -2.16. The number of thiocarbonyl (C=S) groups is 1. The lowest BCUT2D eigenvalue weighted by atomic mass is 10.1. The molecule has 1 fully saturated rings. The fraction of sp³-hybridized carbons (Fsp3) is 0.115. The normalized spacial score (nSPS) is 14.2. The summed E-state index contributed by atoms with van der Waals surface area (Å²) in [6.45, 7) is 0. The highest BCUT2D eigenvalue weighted by Gasteiger charge is 2.33. The van der Waals surface area contributed by atoms with Gasteiger partial charge in [0.05, 0.1) is 31.9 Å². The van der Waals surface area contributed by atoms with E-state index >= 15 is 0 Å². The molecule has 1 heterocycles. The van der Waals surface area contributed by atoms with E-state index in [-0.39, 0.29) is 5.91 Å². The highest BCUT2D eigenvalue weighted by atomic mass is 32.2. The maximum atomic E-state index is 13.3. The predicted molar refractivity (Wildman–Crippen MR) is 143 cm³/mol. The molecule has 1 N–H and O–H groups in total. The maximum Gasteiger partial charge on any atom is 0.270 e. The molecule has 3 aromatic rings. The third-order valence-corrected chi connectivity index (χ3v) is 6.55. The van der Waals surface area contributed by atoms with Crippen LogP contribution in [-0.2, 0) is 4.79 Å². The molecule has 0 unspecified atom stereocenters. The zero-order chi connectivity index (χ0) is 25.8. The maximum absolute atomic E-state index is 13.3. The smallest absolute Gasteiger partial charge is 0.270 e. The molecule has 0 aromatic heterocycles. The van der Waals surface area contributed by atoms with Crippen LogP contribution < -0.4 is 24.4 Å². The minimum absolute atomic E-state index is 0.319. The average molecular weight is 525 g/mol. The summed E-state index contributed by atoms with van der Waals surface area (Å²) in [5.74, 6) is 0.234. The topological polar surface area (TPSA) is 77.1 Å². The van der Waals surface area contributed by atoms with Gasteiger partial charge in [0.1, 0.15) is 5.82 Å². The number of rotatable bonds is 7. The highest BCUT2D eigenvalue weighted by molar-refractivity contribution is 8.27. The first-order valence-corrected chi connectivity index (χ1v) is 11.8. The van der Waals surface area contributed by atoms with Crippen molar-refractivity contribution in [2.75, 3.05) is 31.5 Å². The Morgan fingerprint density at radius 1 is 1.00 bits per heavy atom. The molecule has 1 aliphatic heterocycles. The van der Waals surface area contributed by atoms with Crippen molar-refractivity contribution in [1.82, 2.24) is 0 Å². The third-order valence-electron chi connectivity index (χ3n) is 5.25.